The van der Waals surface area contributed by atoms with Crippen molar-refractivity contribution in [3.8, 4) is 0 Å². The van der Waals surface area contributed by atoms with Crippen molar-refractivity contribution in [2.45, 2.75) is 6.04 Å². The Labute approximate surface area is 101 Å². The van der Waals surface area contributed by atoms with Gasteiger partial charge < -0.3 is 0 Å². The minimum Gasteiger partial charge on any atom is -0.271 e. The number of nitrogens with zero attached hydrogens (tertiary/aromatic N) is 1. The molecule has 3 nitrogen and oxygen atoms in total. The van der Waals surface area contributed by atoms with E-state index in [1.54, 1.807) is 0 Å². The number of nitrogens with two attached hydrogens (primary N) is 1. The van der Waals surface area contributed by atoms with Crippen molar-refractivity contribution in [3.63, 3.8) is 0 Å². The zero-order chi connectivity index (χ0) is 13.1. The number of halogens is 3. The topological polar surface area (TPSA) is 50.9 Å². The normalized spacial score (nSPS) is 12.4. The summed E-state index contributed by atoms with van der Waals surface area (Å²) in [5, 5.41) is 0. The highest BCUT2D eigenvalue weighted by Gasteiger charge is 2.18. The van der Waals surface area contributed by atoms with E-state index >= 15 is 0 Å². The molecule has 0 spiro atoms. The standard InChI is InChI=1S/C12H10F3N3/c13-8-1-2-11(15)10(4-8)12(18-16)7-3-9(14)6-17-5-7/h1-6,12,18H,16H2. The Hall–Kier alpha value is -1.92. The van der Waals surface area contributed by atoms with E-state index in [4.69, 9.17) is 5.84 Å². The van der Waals surface area contributed by atoms with Crippen LogP contribution in [0.4, 0.5) is 13.2 Å². The second kappa shape index (κ2) is 5.16. The van der Waals surface area contributed by atoms with Crippen molar-refractivity contribution < 1.29 is 13.2 Å². The summed E-state index contributed by atoms with van der Waals surface area (Å²) < 4.78 is 39.8. The van der Waals surface area contributed by atoms with Crippen LogP contribution < -0.4 is 11.3 Å². The molecule has 1 heterocycles. The van der Waals surface area contributed by atoms with Gasteiger partial charge in [0.2, 0.25) is 0 Å². The van der Waals surface area contributed by atoms with Gasteiger partial charge in [-0.2, -0.15) is 0 Å². The molecule has 1 atom stereocenters. The van der Waals surface area contributed by atoms with Crippen LogP contribution in [-0.2, 0) is 0 Å². The van der Waals surface area contributed by atoms with Gasteiger partial charge in [0.05, 0.1) is 12.2 Å². The fourth-order valence-electron chi connectivity index (χ4n) is 1.69. The van der Waals surface area contributed by atoms with Crippen molar-refractivity contribution in [1.82, 2.24) is 10.4 Å². The lowest BCUT2D eigenvalue weighted by molar-refractivity contribution is 0.541. The molecule has 1 unspecified atom stereocenters. The molecule has 0 saturated heterocycles. The zero-order valence-electron chi connectivity index (χ0n) is 9.20. The fourth-order valence-corrected chi connectivity index (χ4v) is 1.69. The number of pyridine rings is 1. The molecule has 2 rings (SSSR count). The molecule has 94 valence electrons. The third kappa shape index (κ3) is 2.49. The molecule has 0 amide bonds. The molecule has 0 bridgehead atoms. The Kier molecular flexibility index (Phi) is 3.59. The molecule has 18 heavy (non-hydrogen) atoms. The lowest BCUT2D eigenvalue weighted by atomic mass is 10.00. The predicted molar refractivity (Wildman–Crippen MR) is 59.7 cm³/mol. The maximum atomic E-state index is 13.6. The molecular formula is C12H10F3N3. The van der Waals surface area contributed by atoms with Gasteiger partial charge >= 0.3 is 0 Å². The van der Waals surface area contributed by atoms with Crippen LogP contribution in [-0.4, -0.2) is 4.98 Å². The van der Waals surface area contributed by atoms with E-state index in [-0.39, 0.29) is 5.56 Å². The number of hydrogen-bond donors (Lipinski definition) is 2. The van der Waals surface area contributed by atoms with E-state index in [1.165, 1.54) is 6.20 Å². The van der Waals surface area contributed by atoms with E-state index in [0.29, 0.717) is 5.56 Å². The molecule has 0 saturated carbocycles. The highest BCUT2D eigenvalue weighted by atomic mass is 19.1. The number of aromatic nitrogens is 1. The molecule has 0 radical (unpaired) electrons. The molecule has 0 aliphatic carbocycles. The lowest BCUT2D eigenvalue weighted by Gasteiger charge is -2.17. The highest BCUT2D eigenvalue weighted by molar-refractivity contribution is 5.31. The maximum Gasteiger partial charge on any atom is 0.141 e. The molecule has 2 aromatic rings. The van der Waals surface area contributed by atoms with E-state index in [2.05, 4.69) is 10.4 Å². The maximum absolute atomic E-state index is 13.6. The van der Waals surface area contributed by atoms with Crippen LogP contribution in [0.25, 0.3) is 0 Å². The van der Waals surface area contributed by atoms with Crippen molar-refractivity contribution in [1.29, 1.82) is 0 Å². The van der Waals surface area contributed by atoms with Gasteiger partial charge in [0.1, 0.15) is 17.5 Å². The third-order valence-corrected chi connectivity index (χ3v) is 2.50. The van der Waals surface area contributed by atoms with Crippen molar-refractivity contribution >= 4 is 0 Å². The minimum absolute atomic E-state index is 0.00935. The Bertz CT molecular complexity index is 560. The smallest absolute Gasteiger partial charge is 0.141 e. The van der Waals surface area contributed by atoms with E-state index in [0.717, 1.165) is 30.5 Å². The molecule has 0 aliphatic rings. The van der Waals surface area contributed by atoms with Gasteiger partial charge in [0.15, 0.2) is 0 Å². The van der Waals surface area contributed by atoms with Gasteiger partial charge in [-0.1, -0.05) is 0 Å². The Balaban J connectivity index is 2.48. The number of hydrogen-bond acceptors (Lipinski definition) is 3. The highest BCUT2D eigenvalue weighted by Crippen LogP contribution is 2.24. The first-order chi connectivity index (χ1) is 8.61. The summed E-state index contributed by atoms with van der Waals surface area (Å²) in [6.45, 7) is 0. The average molecular weight is 253 g/mol. The summed E-state index contributed by atoms with van der Waals surface area (Å²) in [5.41, 5.74) is 2.61. The first-order valence-corrected chi connectivity index (χ1v) is 5.13. The van der Waals surface area contributed by atoms with E-state index in [1.807, 2.05) is 0 Å². The first-order valence-electron chi connectivity index (χ1n) is 5.13. The molecule has 1 aromatic heterocycles. The fraction of sp³-hybridized carbons (Fsp3) is 0.0833. The molecule has 0 aliphatic heterocycles. The Morgan fingerprint density at radius 3 is 2.50 bits per heavy atom. The molecular weight excluding hydrogens is 243 g/mol. The van der Waals surface area contributed by atoms with E-state index < -0.39 is 23.5 Å². The SMILES string of the molecule is NNC(c1cncc(F)c1)c1cc(F)ccc1F. The largest absolute Gasteiger partial charge is 0.271 e. The lowest BCUT2D eigenvalue weighted by Crippen LogP contribution is -2.29. The van der Waals surface area contributed by atoms with Gasteiger partial charge in [-0.25, -0.2) is 18.6 Å². The number of hydrazine groups is 1. The predicted octanol–water partition coefficient (Wildman–Crippen LogP) is 2.05. The van der Waals surface area contributed by atoms with Crippen LogP contribution in [0.3, 0.4) is 0 Å². The molecule has 1 aromatic carbocycles. The third-order valence-electron chi connectivity index (χ3n) is 2.50. The average Bonchev–Trinajstić information content (AvgIpc) is 2.35. The zero-order valence-corrected chi connectivity index (χ0v) is 9.20. The summed E-state index contributed by atoms with van der Waals surface area (Å²) >= 11 is 0. The number of nitrogens with one attached hydrogen (secondary N) is 1. The van der Waals surface area contributed by atoms with Crippen LogP contribution in [0.15, 0.2) is 36.7 Å². The summed E-state index contributed by atoms with van der Waals surface area (Å²) in [7, 11) is 0. The molecule has 3 N–H and O–H groups in total. The van der Waals surface area contributed by atoms with Gasteiger partial charge in [0.25, 0.3) is 0 Å². The van der Waals surface area contributed by atoms with Crippen LogP contribution >= 0.6 is 0 Å². The van der Waals surface area contributed by atoms with Crippen LogP contribution in [0, 0.1) is 17.5 Å². The molecule has 6 heteroatoms. The van der Waals surface area contributed by atoms with Gasteiger partial charge in [-0.15, -0.1) is 0 Å². The van der Waals surface area contributed by atoms with Crippen LogP contribution in [0.1, 0.15) is 17.2 Å². The van der Waals surface area contributed by atoms with E-state index in [9.17, 15) is 13.2 Å². The number of benzene rings is 1. The Morgan fingerprint density at radius 1 is 1.06 bits per heavy atom. The summed E-state index contributed by atoms with van der Waals surface area (Å²) in [6.07, 6.45) is 2.34. The summed E-state index contributed by atoms with van der Waals surface area (Å²) in [5.74, 6) is 3.50. The van der Waals surface area contributed by atoms with Crippen LogP contribution in [0.2, 0.25) is 0 Å². The summed E-state index contributed by atoms with van der Waals surface area (Å²) in [4.78, 5) is 3.64. The van der Waals surface area contributed by atoms with Crippen molar-refractivity contribution in [2.75, 3.05) is 0 Å². The second-order valence-corrected chi connectivity index (χ2v) is 3.70. The minimum atomic E-state index is -0.871. The quantitative estimate of drug-likeness (QED) is 0.650. The molecule has 0 fully saturated rings. The van der Waals surface area contributed by atoms with Crippen molar-refractivity contribution in [2.24, 2.45) is 5.84 Å². The van der Waals surface area contributed by atoms with Crippen molar-refractivity contribution in [3.05, 3.63) is 65.2 Å². The number of rotatable bonds is 3. The van der Waals surface area contributed by atoms with Crippen LogP contribution in [0.5, 0.6) is 0 Å². The monoisotopic (exact) mass is 253 g/mol. The van der Waals surface area contributed by atoms with Gasteiger partial charge in [-0.05, 0) is 29.8 Å². The summed E-state index contributed by atoms with van der Waals surface area (Å²) in [6, 6.07) is 3.27. The first kappa shape index (κ1) is 12.5. The van der Waals surface area contributed by atoms with Gasteiger partial charge in [-0.3, -0.25) is 10.8 Å². The Morgan fingerprint density at radius 2 is 1.83 bits per heavy atom. The van der Waals surface area contributed by atoms with Gasteiger partial charge in [0, 0.05) is 11.8 Å². The second-order valence-electron chi connectivity index (χ2n) is 3.70.